The van der Waals surface area contributed by atoms with Crippen LogP contribution in [0.25, 0.3) is 16.7 Å². The van der Waals surface area contributed by atoms with Gasteiger partial charge in [0, 0.05) is 24.1 Å². The van der Waals surface area contributed by atoms with E-state index in [4.69, 9.17) is 0 Å². The van der Waals surface area contributed by atoms with Crippen LogP contribution >= 0.6 is 0 Å². The molecule has 1 aliphatic heterocycles. The van der Waals surface area contributed by atoms with Gasteiger partial charge in [0.15, 0.2) is 0 Å². The summed E-state index contributed by atoms with van der Waals surface area (Å²) in [6, 6.07) is 14.7. The Morgan fingerprint density at radius 2 is 1.95 bits per heavy atom. The molecular formula is C16H15N3. The van der Waals surface area contributed by atoms with Gasteiger partial charge in [-0.25, -0.2) is 0 Å². The largest absolute Gasteiger partial charge is 0.382 e. The Morgan fingerprint density at radius 3 is 2.84 bits per heavy atom. The molecular weight excluding hydrogens is 234 g/mol. The van der Waals surface area contributed by atoms with Crippen molar-refractivity contribution < 1.29 is 0 Å². The molecule has 0 aliphatic carbocycles. The van der Waals surface area contributed by atoms with Crippen LogP contribution in [0.15, 0.2) is 48.7 Å². The molecule has 2 aromatic heterocycles. The highest BCUT2D eigenvalue weighted by atomic mass is 15.1. The summed E-state index contributed by atoms with van der Waals surface area (Å²) in [4.78, 5) is 4.56. The van der Waals surface area contributed by atoms with Gasteiger partial charge in [0.1, 0.15) is 5.52 Å². The summed E-state index contributed by atoms with van der Waals surface area (Å²) in [6.07, 6.45) is 4.15. The van der Waals surface area contributed by atoms with Crippen molar-refractivity contribution in [3.05, 3.63) is 54.4 Å². The summed E-state index contributed by atoms with van der Waals surface area (Å²) in [5.41, 5.74) is 6.05. The standard InChI is InChI=1S/C16H15N3/c1-2-6-12(7-3-1)19-13-8-4-10-17-15(13)16-14(19)9-5-11-18-16/h1-4,6-8,10,18H,5,9,11H2. The quantitative estimate of drug-likeness (QED) is 0.716. The van der Waals surface area contributed by atoms with Gasteiger partial charge >= 0.3 is 0 Å². The first-order chi connectivity index (χ1) is 9.45. The summed E-state index contributed by atoms with van der Waals surface area (Å²) in [7, 11) is 0. The topological polar surface area (TPSA) is 29.9 Å². The maximum Gasteiger partial charge on any atom is 0.112 e. The second-order valence-corrected chi connectivity index (χ2v) is 4.89. The van der Waals surface area contributed by atoms with Crippen molar-refractivity contribution in [1.82, 2.24) is 9.55 Å². The van der Waals surface area contributed by atoms with Crippen molar-refractivity contribution in [3.63, 3.8) is 0 Å². The number of hydrogen-bond donors (Lipinski definition) is 1. The number of para-hydroxylation sites is 1. The number of anilines is 1. The van der Waals surface area contributed by atoms with Crippen LogP contribution in [0.4, 0.5) is 5.69 Å². The van der Waals surface area contributed by atoms with Gasteiger partial charge in [0.25, 0.3) is 0 Å². The molecule has 0 saturated carbocycles. The van der Waals surface area contributed by atoms with Gasteiger partial charge in [-0.15, -0.1) is 0 Å². The Morgan fingerprint density at radius 1 is 1.05 bits per heavy atom. The molecule has 94 valence electrons. The van der Waals surface area contributed by atoms with Crippen LogP contribution < -0.4 is 5.32 Å². The van der Waals surface area contributed by atoms with Crippen molar-refractivity contribution in [1.29, 1.82) is 0 Å². The molecule has 1 N–H and O–H groups in total. The van der Waals surface area contributed by atoms with Crippen molar-refractivity contribution in [2.75, 3.05) is 11.9 Å². The second-order valence-electron chi connectivity index (χ2n) is 4.89. The highest BCUT2D eigenvalue weighted by Gasteiger charge is 2.21. The van der Waals surface area contributed by atoms with Gasteiger partial charge in [-0.1, -0.05) is 18.2 Å². The lowest BCUT2D eigenvalue weighted by molar-refractivity contribution is 0.788. The summed E-state index contributed by atoms with van der Waals surface area (Å²) >= 11 is 0. The summed E-state index contributed by atoms with van der Waals surface area (Å²) in [6.45, 7) is 1.04. The Kier molecular flexibility index (Phi) is 2.30. The van der Waals surface area contributed by atoms with E-state index in [-0.39, 0.29) is 0 Å². The number of nitrogens with one attached hydrogen (secondary N) is 1. The molecule has 0 saturated heterocycles. The Hall–Kier alpha value is -2.29. The van der Waals surface area contributed by atoms with E-state index >= 15 is 0 Å². The highest BCUT2D eigenvalue weighted by Crippen LogP contribution is 2.34. The first-order valence-electron chi connectivity index (χ1n) is 6.73. The molecule has 19 heavy (non-hydrogen) atoms. The number of fused-ring (bicyclic) bond motifs is 3. The number of aromatic nitrogens is 2. The van der Waals surface area contributed by atoms with E-state index in [0.717, 1.165) is 18.5 Å². The molecule has 3 nitrogen and oxygen atoms in total. The Labute approximate surface area is 111 Å². The third kappa shape index (κ3) is 1.55. The smallest absolute Gasteiger partial charge is 0.112 e. The van der Waals surface area contributed by atoms with Crippen molar-refractivity contribution >= 4 is 16.7 Å². The summed E-state index contributed by atoms with van der Waals surface area (Å²) in [5, 5.41) is 3.51. The Bertz CT molecular complexity index is 728. The van der Waals surface area contributed by atoms with Crippen LogP contribution in [0, 0.1) is 0 Å². The predicted octanol–water partition coefficient (Wildman–Crippen LogP) is 3.38. The monoisotopic (exact) mass is 249 g/mol. The second kappa shape index (κ2) is 4.12. The first-order valence-corrected chi connectivity index (χ1v) is 6.73. The number of nitrogens with zero attached hydrogens (tertiary/aromatic N) is 2. The van der Waals surface area contributed by atoms with Crippen LogP contribution in [-0.4, -0.2) is 16.1 Å². The minimum Gasteiger partial charge on any atom is -0.382 e. The average molecular weight is 249 g/mol. The highest BCUT2D eigenvalue weighted by molar-refractivity contribution is 5.93. The first kappa shape index (κ1) is 10.6. The van der Waals surface area contributed by atoms with Crippen molar-refractivity contribution in [2.24, 2.45) is 0 Å². The summed E-state index contributed by atoms with van der Waals surface area (Å²) < 4.78 is 2.34. The maximum atomic E-state index is 4.56. The van der Waals surface area contributed by atoms with Crippen LogP contribution in [0.5, 0.6) is 0 Å². The Balaban J connectivity index is 2.09. The molecule has 4 rings (SSSR count). The van der Waals surface area contributed by atoms with Crippen LogP contribution in [0.3, 0.4) is 0 Å². The molecule has 0 spiro atoms. The SMILES string of the molecule is c1ccc(-n2c3c(c4ncccc42)NCCC3)cc1. The van der Waals surface area contributed by atoms with Crippen molar-refractivity contribution in [3.8, 4) is 5.69 Å². The third-order valence-electron chi connectivity index (χ3n) is 3.73. The van der Waals surface area contributed by atoms with Gasteiger partial charge in [0.05, 0.1) is 11.2 Å². The normalized spacial score (nSPS) is 14.1. The van der Waals surface area contributed by atoms with Gasteiger partial charge in [-0.3, -0.25) is 4.98 Å². The molecule has 3 aromatic rings. The van der Waals surface area contributed by atoms with Crippen LogP contribution in [-0.2, 0) is 6.42 Å². The maximum absolute atomic E-state index is 4.56. The molecule has 0 radical (unpaired) electrons. The molecule has 0 unspecified atom stereocenters. The fourth-order valence-corrected chi connectivity index (χ4v) is 2.93. The van der Waals surface area contributed by atoms with E-state index < -0.39 is 0 Å². The number of pyridine rings is 1. The fourth-order valence-electron chi connectivity index (χ4n) is 2.93. The van der Waals surface area contributed by atoms with Crippen LogP contribution in [0.2, 0.25) is 0 Å². The lowest BCUT2D eigenvalue weighted by Crippen LogP contribution is -2.13. The van der Waals surface area contributed by atoms with Gasteiger partial charge in [-0.2, -0.15) is 0 Å². The van der Waals surface area contributed by atoms with E-state index in [0.29, 0.717) is 0 Å². The zero-order valence-corrected chi connectivity index (χ0v) is 10.6. The van der Waals surface area contributed by atoms with E-state index in [1.807, 2.05) is 12.3 Å². The predicted molar refractivity (Wildman–Crippen MR) is 77.9 cm³/mol. The third-order valence-corrected chi connectivity index (χ3v) is 3.73. The van der Waals surface area contributed by atoms with E-state index in [2.05, 4.69) is 51.3 Å². The zero-order valence-electron chi connectivity index (χ0n) is 10.6. The van der Waals surface area contributed by atoms with Gasteiger partial charge < -0.3 is 9.88 Å². The summed E-state index contributed by atoms with van der Waals surface area (Å²) in [5.74, 6) is 0. The van der Waals surface area contributed by atoms with E-state index in [9.17, 15) is 0 Å². The number of rotatable bonds is 1. The number of benzene rings is 1. The number of hydrogen-bond acceptors (Lipinski definition) is 2. The molecule has 0 amide bonds. The lowest BCUT2D eigenvalue weighted by atomic mass is 10.1. The molecule has 0 bridgehead atoms. The van der Waals surface area contributed by atoms with E-state index in [1.165, 1.54) is 29.0 Å². The molecule has 3 heteroatoms. The van der Waals surface area contributed by atoms with Gasteiger partial charge in [0.2, 0.25) is 0 Å². The molecule has 1 aliphatic rings. The average Bonchev–Trinajstić information content (AvgIpc) is 2.83. The molecule has 3 heterocycles. The molecule has 1 aromatic carbocycles. The van der Waals surface area contributed by atoms with Gasteiger partial charge in [-0.05, 0) is 37.1 Å². The molecule has 0 fully saturated rings. The minimum absolute atomic E-state index is 1.04. The minimum atomic E-state index is 1.04. The van der Waals surface area contributed by atoms with Crippen LogP contribution in [0.1, 0.15) is 12.1 Å². The molecule has 0 atom stereocenters. The van der Waals surface area contributed by atoms with E-state index in [1.54, 1.807) is 0 Å². The zero-order chi connectivity index (χ0) is 12.7. The lowest BCUT2D eigenvalue weighted by Gasteiger charge is -2.17. The van der Waals surface area contributed by atoms with Crippen molar-refractivity contribution in [2.45, 2.75) is 12.8 Å². The fraction of sp³-hybridized carbons (Fsp3) is 0.188.